The Kier molecular flexibility index (Phi) is 4.20. The fourth-order valence-electron chi connectivity index (χ4n) is 0.910. The Balaban J connectivity index is 2.52. The molecule has 8 nitrogen and oxygen atoms in total. The van der Waals surface area contributed by atoms with E-state index in [1.54, 1.807) is 0 Å². The highest BCUT2D eigenvalue weighted by Crippen LogP contribution is 2.05. The zero-order valence-corrected chi connectivity index (χ0v) is 9.21. The van der Waals surface area contributed by atoms with E-state index in [0.717, 1.165) is 0 Å². The molecule has 8 heteroatoms. The van der Waals surface area contributed by atoms with Gasteiger partial charge in [-0.1, -0.05) is 13.8 Å². The lowest BCUT2D eigenvalue weighted by molar-refractivity contribution is -0.0870. The van der Waals surface area contributed by atoms with Crippen LogP contribution in [0.3, 0.4) is 0 Å². The maximum absolute atomic E-state index is 9.42. The number of aliphatic hydroxyl groups excluding tert-OH is 1. The number of anilines is 3. The first kappa shape index (κ1) is 12.4. The minimum Gasteiger partial charge on any atom is -0.368 e. The van der Waals surface area contributed by atoms with Gasteiger partial charge in [0, 0.05) is 0 Å². The van der Waals surface area contributed by atoms with Gasteiger partial charge in [-0.3, -0.25) is 0 Å². The van der Waals surface area contributed by atoms with Gasteiger partial charge in [0.05, 0.1) is 6.61 Å². The molecule has 0 aromatic carbocycles. The molecule has 1 unspecified atom stereocenters. The van der Waals surface area contributed by atoms with Crippen LogP contribution in [0.2, 0.25) is 0 Å². The van der Waals surface area contributed by atoms with Crippen molar-refractivity contribution in [1.29, 1.82) is 0 Å². The quantitative estimate of drug-likeness (QED) is 0.491. The molecule has 0 saturated carbocycles. The molecule has 90 valence electrons. The maximum atomic E-state index is 9.42. The first-order valence-electron chi connectivity index (χ1n) is 4.80. The number of aromatic nitrogens is 3. The average molecular weight is 228 g/mol. The van der Waals surface area contributed by atoms with Crippen molar-refractivity contribution in [3.8, 4) is 0 Å². The molecular weight excluding hydrogens is 212 g/mol. The summed E-state index contributed by atoms with van der Waals surface area (Å²) in [6.07, 6.45) is -1.20. The lowest BCUT2D eigenvalue weighted by atomic mass is 10.2. The van der Waals surface area contributed by atoms with Crippen molar-refractivity contribution < 1.29 is 9.84 Å². The van der Waals surface area contributed by atoms with Crippen molar-refractivity contribution in [2.24, 2.45) is 5.92 Å². The maximum Gasteiger partial charge on any atom is 0.237 e. The molecule has 16 heavy (non-hydrogen) atoms. The third-order valence-electron chi connectivity index (χ3n) is 1.51. The molecule has 6 N–H and O–H groups in total. The van der Waals surface area contributed by atoms with Crippen LogP contribution in [0.25, 0.3) is 0 Å². The van der Waals surface area contributed by atoms with Gasteiger partial charge in [-0.25, -0.2) is 0 Å². The molecule has 1 aromatic rings. The van der Waals surface area contributed by atoms with Crippen LogP contribution in [0, 0.1) is 5.92 Å². The number of nitrogens with two attached hydrogens (primary N) is 2. The molecular formula is C8H16N6O2. The van der Waals surface area contributed by atoms with Crippen LogP contribution < -0.4 is 16.8 Å². The normalized spacial score (nSPS) is 12.8. The lowest BCUT2D eigenvalue weighted by Crippen LogP contribution is -2.26. The van der Waals surface area contributed by atoms with E-state index in [1.807, 2.05) is 13.8 Å². The SMILES string of the molecule is CC(C)COC(O)Nc1nc(N)nc(N)n1. The minimum atomic E-state index is -1.20. The number of hydrogen-bond acceptors (Lipinski definition) is 8. The molecule has 1 heterocycles. The number of rotatable bonds is 5. The van der Waals surface area contributed by atoms with Crippen LogP contribution in [-0.2, 0) is 4.74 Å². The third-order valence-corrected chi connectivity index (χ3v) is 1.51. The molecule has 0 bridgehead atoms. The van der Waals surface area contributed by atoms with E-state index in [-0.39, 0.29) is 17.8 Å². The van der Waals surface area contributed by atoms with Gasteiger partial charge in [0.25, 0.3) is 0 Å². The second-order valence-corrected chi connectivity index (χ2v) is 3.60. The van der Waals surface area contributed by atoms with Crippen molar-refractivity contribution in [3.63, 3.8) is 0 Å². The summed E-state index contributed by atoms with van der Waals surface area (Å²) in [7, 11) is 0. The van der Waals surface area contributed by atoms with Crippen LogP contribution in [0.1, 0.15) is 13.8 Å². The summed E-state index contributed by atoms with van der Waals surface area (Å²) in [5.41, 5.74) is 10.7. The van der Waals surface area contributed by atoms with Gasteiger partial charge in [0.15, 0.2) is 0 Å². The molecule has 0 fully saturated rings. The summed E-state index contributed by atoms with van der Waals surface area (Å²) >= 11 is 0. The van der Waals surface area contributed by atoms with Gasteiger partial charge in [-0.15, -0.1) is 0 Å². The molecule has 0 aliphatic heterocycles. The van der Waals surface area contributed by atoms with Crippen LogP contribution >= 0.6 is 0 Å². The summed E-state index contributed by atoms with van der Waals surface area (Å²) in [6, 6.07) is 0. The van der Waals surface area contributed by atoms with Gasteiger partial charge in [0.1, 0.15) is 0 Å². The number of nitrogen functional groups attached to an aromatic ring is 2. The van der Waals surface area contributed by atoms with Crippen LogP contribution in [0.5, 0.6) is 0 Å². The first-order valence-corrected chi connectivity index (χ1v) is 4.80. The van der Waals surface area contributed by atoms with Gasteiger partial charge < -0.3 is 26.6 Å². The van der Waals surface area contributed by atoms with E-state index in [0.29, 0.717) is 12.5 Å². The summed E-state index contributed by atoms with van der Waals surface area (Å²) in [5.74, 6) is 0.336. The predicted molar refractivity (Wildman–Crippen MR) is 59.1 cm³/mol. The molecule has 0 radical (unpaired) electrons. The average Bonchev–Trinajstić information content (AvgIpc) is 2.12. The van der Waals surface area contributed by atoms with Crippen LogP contribution in [0.15, 0.2) is 0 Å². The van der Waals surface area contributed by atoms with E-state index >= 15 is 0 Å². The summed E-state index contributed by atoms with van der Waals surface area (Å²) in [6.45, 7) is 4.33. The Morgan fingerprint density at radius 1 is 1.25 bits per heavy atom. The van der Waals surface area contributed by atoms with Crippen molar-refractivity contribution in [2.75, 3.05) is 23.4 Å². The Bertz CT molecular complexity index is 325. The van der Waals surface area contributed by atoms with E-state index in [1.165, 1.54) is 0 Å². The molecule has 1 aromatic heterocycles. The second kappa shape index (κ2) is 5.42. The highest BCUT2D eigenvalue weighted by atomic mass is 16.6. The lowest BCUT2D eigenvalue weighted by Gasteiger charge is -2.14. The fourth-order valence-corrected chi connectivity index (χ4v) is 0.910. The second-order valence-electron chi connectivity index (χ2n) is 3.60. The van der Waals surface area contributed by atoms with Crippen molar-refractivity contribution in [2.45, 2.75) is 20.3 Å². The molecule has 0 spiro atoms. The number of nitrogens with zero attached hydrogens (tertiary/aromatic N) is 3. The Hall–Kier alpha value is -1.67. The Labute approximate surface area is 93.1 Å². The van der Waals surface area contributed by atoms with Crippen molar-refractivity contribution in [1.82, 2.24) is 15.0 Å². The summed E-state index contributed by atoms with van der Waals surface area (Å²) < 4.78 is 5.05. The summed E-state index contributed by atoms with van der Waals surface area (Å²) in [4.78, 5) is 11.0. The Morgan fingerprint density at radius 2 is 1.81 bits per heavy atom. The zero-order chi connectivity index (χ0) is 12.1. The largest absolute Gasteiger partial charge is 0.368 e. The number of ether oxygens (including phenoxy) is 1. The monoisotopic (exact) mass is 228 g/mol. The highest BCUT2D eigenvalue weighted by Gasteiger charge is 2.08. The fraction of sp³-hybridized carbons (Fsp3) is 0.625. The van der Waals surface area contributed by atoms with E-state index < -0.39 is 6.41 Å². The Morgan fingerprint density at radius 3 is 2.31 bits per heavy atom. The molecule has 0 saturated heterocycles. The number of hydrogen-bond donors (Lipinski definition) is 4. The molecule has 1 atom stereocenters. The van der Waals surface area contributed by atoms with E-state index in [9.17, 15) is 5.11 Å². The predicted octanol–water partition coefficient (Wildman–Crippen LogP) is -0.604. The van der Waals surface area contributed by atoms with E-state index in [4.69, 9.17) is 16.2 Å². The topological polar surface area (TPSA) is 132 Å². The highest BCUT2D eigenvalue weighted by molar-refractivity contribution is 5.36. The van der Waals surface area contributed by atoms with E-state index in [2.05, 4.69) is 20.3 Å². The first-order chi connectivity index (χ1) is 7.47. The zero-order valence-electron chi connectivity index (χ0n) is 9.21. The smallest absolute Gasteiger partial charge is 0.237 e. The minimum absolute atomic E-state index is 0.0222. The molecule has 0 aliphatic carbocycles. The van der Waals surface area contributed by atoms with Crippen LogP contribution in [-0.4, -0.2) is 33.1 Å². The van der Waals surface area contributed by atoms with Crippen molar-refractivity contribution >= 4 is 17.8 Å². The third kappa shape index (κ3) is 4.24. The standard InChI is InChI=1S/C8H16N6O2/c1-4(2)3-16-8(15)14-7-12-5(9)11-6(10)13-7/h4,8,15H,3H2,1-2H3,(H5,9,10,11,12,13,14). The van der Waals surface area contributed by atoms with Gasteiger partial charge in [0.2, 0.25) is 24.3 Å². The number of aliphatic hydroxyl groups is 1. The van der Waals surface area contributed by atoms with Gasteiger partial charge in [-0.2, -0.15) is 15.0 Å². The molecule has 1 rings (SSSR count). The van der Waals surface area contributed by atoms with Gasteiger partial charge in [-0.05, 0) is 5.92 Å². The van der Waals surface area contributed by atoms with Gasteiger partial charge >= 0.3 is 0 Å². The number of nitrogens with one attached hydrogen (secondary N) is 1. The van der Waals surface area contributed by atoms with Crippen molar-refractivity contribution in [3.05, 3.63) is 0 Å². The summed E-state index contributed by atoms with van der Waals surface area (Å²) in [5, 5.41) is 11.9. The molecule has 0 aliphatic rings. The molecule has 0 amide bonds. The van der Waals surface area contributed by atoms with Crippen LogP contribution in [0.4, 0.5) is 17.8 Å².